The Balaban J connectivity index is 2.37. The summed E-state index contributed by atoms with van der Waals surface area (Å²) in [5, 5.41) is 12.2. The zero-order chi connectivity index (χ0) is 14.5. The molecule has 4 N–H and O–H groups in total. The van der Waals surface area contributed by atoms with Crippen LogP contribution in [-0.4, -0.2) is 17.1 Å². The Hall–Kier alpha value is -2.56. The number of benzene rings is 1. The number of aromatic nitrogens is 2. The van der Waals surface area contributed by atoms with Gasteiger partial charge in [-0.1, -0.05) is 11.6 Å². The molecule has 0 amide bonds. The fourth-order valence-corrected chi connectivity index (χ4v) is 1.65. The lowest BCUT2D eigenvalue weighted by molar-refractivity contribution is 0.416. The van der Waals surface area contributed by atoms with Gasteiger partial charge in [-0.3, -0.25) is 5.43 Å². The van der Waals surface area contributed by atoms with E-state index in [-0.39, 0.29) is 5.95 Å². The van der Waals surface area contributed by atoms with E-state index in [0.717, 1.165) is 0 Å². The van der Waals surface area contributed by atoms with Crippen LogP contribution in [0.4, 0.5) is 17.5 Å². The molecule has 0 spiro atoms. The van der Waals surface area contributed by atoms with Crippen LogP contribution in [0.25, 0.3) is 0 Å². The molecule has 0 saturated carbocycles. The quantitative estimate of drug-likeness (QED) is 0.584. The van der Waals surface area contributed by atoms with Crippen LogP contribution in [0.3, 0.4) is 0 Å². The average Bonchev–Trinajstić information content (AvgIpc) is 2.49. The molecule has 8 heteroatoms. The van der Waals surface area contributed by atoms with Gasteiger partial charge < -0.3 is 10.1 Å². The Labute approximate surface area is 120 Å². The van der Waals surface area contributed by atoms with Crippen molar-refractivity contribution in [1.82, 2.24) is 9.97 Å². The number of nitrogen functional groups attached to an aromatic ring is 1. The van der Waals surface area contributed by atoms with E-state index in [0.29, 0.717) is 27.8 Å². The van der Waals surface area contributed by atoms with Gasteiger partial charge in [-0.15, -0.1) is 0 Å². The minimum Gasteiger partial charge on any atom is -0.495 e. The lowest BCUT2D eigenvalue weighted by Gasteiger charge is -2.12. The number of hydrogen-bond acceptors (Lipinski definition) is 7. The van der Waals surface area contributed by atoms with Crippen molar-refractivity contribution in [3.8, 4) is 11.8 Å². The molecule has 0 bridgehead atoms. The van der Waals surface area contributed by atoms with Crippen LogP contribution in [0.2, 0.25) is 5.02 Å². The predicted octanol–water partition coefficient (Wildman–Crippen LogP) is 2.04. The van der Waals surface area contributed by atoms with Crippen molar-refractivity contribution >= 4 is 29.1 Å². The van der Waals surface area contributed by atoms with Crippen molar-refractivity contribution < 1.29 is 4.74 Å². The van der Waals surface area contributed by atoms with E-state index >= 15 is 0 Å². The molecule has 1 heterocycles. The lowest BCUT2D eigenvalue weighted by Crippen LogP contribution is -2.11. The number of hydrazine groups is 1. The Kier molecular flexibility index (Phi) is 4.20. The van der Waals surface area contributed by atoms with Crippen LogP contribution in [0.1, 0.15) is 5.56 Å². The maximum absolute atomic E-state index is 8.86. The van der Waals surface area contributed by atoms with Crippen LogP contribution >= 0.6 is 11.6 Å². The maximum Gasteiger partial charge on any atom is 0.239 e. The first-order valence-corrected chi connectivity index (χ1v) is 5.90. The molecule has 0 aliphatic heterocycles. The van der Waals surface area contributed by atoms with Gasteiger partial charge in [-0.25, -0.2) is 10.8 Å². The van der Waals surface area contributed by atoms with Gasteiger partial charge in [-0.05, 0) is 12.1 Å². The van der Waals surface area contributed by atoms with Crippen LogP contribution in [0, 0.1) is 11.3 Å². The summed E-state index contributed by atoms with van der Waals surface area (Å²) >= 11 is 6.01. The van der Waals surface area contributed by atoms with Crippen molar-refractivity contribution in [2.24, 2.45) is 5.84 Å². The van der Waals surface area contributed by atoms with Gasteiger partial charge in [0.15, 0.2) is 5.82 Å². The number of nitrogens with two attached hydrogens (primary N) is 1. The van der Waals surface area contributed by atoms with Crippen LogP contribution in [-0.2, 0) is 0 Å². The van der Waals surface area contributed by atoms with Crippen LogP contribution in [0.15, 0.2) is 24.4 Å². The summed E-state index contributed by atoms with van der Waals surface area (Å²) in [6.07, 6.45) is 1.42. The molecule has 0 radical (unpaired) electrons. The Morgan fingerprint density at radius 3 is 2.90 bits per heavy atom. The van der Waals surface area contributed by atoms with Crippen molar-refractivity contribution in [2.45, 2.75) is 0 Å². The van der Waals surface area contributed by atoms with E-state index in [9.17, 15) is 0 Å². The SMILES string of the molecule is COc1cc(C#N)ccc1Nc1nc(NN)ncc1Cl. The van der Waals surface area contributed by atoms with Gasteiger partial charge >= 0.3 is 0 Å². The second-order valence-corrected chi connectivity index (χ2v) is 4.09. The van der Waals surface area contributed by atoms with E-state index in [4.69, 9.17) is 27.4 Å². The molecule has 0 saturated heterocycles. The topological polar surface area (TPSA) is 109 Å². The van der Waals surface area contributed by atoms with E-state index < -0.39 is 0 Å². The molecule has 0 aliphatic rings. The van der Waals surface area contributed by atoms with Crippen molar-refractivity contribution in [3.63, 3.8) is 0 Å². The summed E-state index contributed by atoms with van der Waals surface area (Å²) in [7, 11) is 1.51. The molecular weight excluding hydrogens is 280 g/mol. The highest BCUT2D eigenvalue weighted by atomic mass is 35.5. The molecule has 102 valence electrons. The summed E-state index contributed by atoms with van der Waals surface area (Å²) in [5.41, 5.74) is 3.44. The van der Waals surface area contributed by atoms with E-state index in [2.05, 4.69) is 20.7 Å². The van der Waals surface area contributed by atoms with E-state index in [1.165, 1.54) is 13.3 Å². The third-order valence-corrected chi connectivity index (χ3v) is 2.73. The highest BCUT2D eigenvalue weighted by Gasteiger charge is 2.09. The normalized spacial score (nSPS) is 9.70. The van der Waals surface area contributed by atoms with Crippen molar-refractivity contribution in [2.75, 3.05) is 17.9 Å². The second-order valence-electron chi connectivity index (χ2n) is 3.69. The summed E-state index contributed by atoms with van der Waals surface area (Å²) in [6.45, 7) is 0. The standard InChI is InChI=1S/C12H11ClN6O/c1-20-10-4-7(5-14)2-3-9(10)17-11-8(13)6-16-12(18-11)19-15/h2-4,6H,15H2,1H3,(H2,16,17,18,19). The molecule has 20 heavy (non-hydrogen) atoms. The van der Waals surface area contributed by atoms with Gasteiger partial charge in [0, 0.05) is 6.07 Å². The highest BCUT2D eigenvalue weighted by Crippen LogP contribution is 2.30. The molecule has 0 aliphatic carbocycles. The summed E-state index contributed by atoms with van der Waals surface area (Å²) in [6, 6.07) is 7.00. The Morgan fingerprint density at radius 2 is 2.25 bits per heavy atom. The average molecular weight is 291 g/mol. The second kappa shape index (κ2) is 6.06. The molecule has 0 unspecified atom stereocenters. The lowest BCUT2D eigenvalue weighted by atomic mass is 10.2. The molecule has 1 aromatic carbocycles. The Morgan fingerprint density at radius 1 is 1.45 bits per heavy atom. The van der Waals surface area contributed by atoms with Crippen LogP contribution in [0.5, 0.6) is 5.75 Å². The molecule has 1 aromatic heterocycles. The summed E-state index contributed by atoms with van der Waals surface area (Å²) in [5.74, 6) is 6.35. The monoisotopic (exact) mass is 290 g/mol. The molecule has 0 atom stereocenters. The number of nitrogens with zero attached hydrogens (tertiary/aromatic N) is 3. The smallest absolute Gasteiger partial charge is 0.239 e. The summed E-state index contributed by atoms with van der Waals surface area (Å²) < 4.78 is 5.22. The van der Waals surface area contributed by atoms with E-state index in [1.54, 1.807) is 18.2 Å². The van der Waals surface area contributed by atoms with E-state index in [1.807, 2.05) is 6.07 Å². The highest BCUT2D eigenvalue weighted by molar-refractivity contribution is 6.32. The molecule has 7 nitrogen and oxygen atoms in total. The summed E-state index contributed by atoms with van der Waals surface area (Å²) in [4.78, 5) is 7.97. The Bertz CT molecular complexity index is 669. The zero-order valence-electron chi connectivity index (χ0n) is 10.5. The number of anilines is 3. The van der Waals surface area contributed by atoms with Crippen molar-refractivity contribution in [1.29, 1.82) is 5.26 Å². The first kappa shape index (κ1) is 13.9. The fourth-order valence-electron chi connectivity index (χ4n) is 1.52. The van der Waals surface area contributed by atoms with Gasteiger partial charge in [0.1, 0.15) is 10.8 Å². The third-order valence-electron chi connectivity index (χ3n) is 2.46. The molecule has 2 rings (SSSR count). The minimum absolute atomic E-state index is 0.226. The number of rotatable bonds is 4. The first-order valence-electron chi connectivity index (χ1n) is 5.52. The maximum atomic E-state index is 8.86. The number of methoxy groups -OCH3 is 1. The van der Waals surface area contributed by atoms with Crippen LogP contribution < -0.4 is 21.3 Å². The molecular formula is C12H11ClN6O. The van der Waals surface area contributed by atoms with Gasteiger partial charge in [0.05, 0.1) is 30.6 Å². The molecule has 2 aromatic rings. The van der Waals surface area contributed by atoms with Gasteiger partial charge in [-0.2, -0.15) is 10.2 Å². The number of hydrogen-bond donors (Lipinski definition) is 3. The number of halogens is 1. The minimum atomic E-state index is 0.226. The number of ether oxygens (including phenoxy) is 1. The van der Waals surface area contributed by atoms with Crippen molar-refractivity contribution in [3.05, 3.63) is 35.0 Å². The third kappa shape index (κ3) is 2.88. The first-order chi connectivity index (χ1) is 9.67. The predicted molar refractivity (Wildman–Crippen MR) is 75.8 cm³/mol. The zero-order valence-corrected chi connectivity index (χ0v) is 11.3. The largest absolute Gasteiger partial charge is 0.495 e. The van der Waals surface area contributed by atoms with Gasteiger partial charge in [0.2, 0.25) is 5.95 Å². The fraction of sp³-hybridized carbons (Fsp3) is 0.0833. The molecule has 0 fully saturated rings. The number of nitrogens with one attached hydrogen (secondary N) is 2. The number of nitriles is 1. The van der Waals surface area contributed by atoms with Gasteiger partial charge in [0.25, 0.3) is 0 Å².